The molecule has 0 fully saturated rings. The highest BCUT2D eigenvalue weighted by molar-refractivity contribution is 14.1. The number of fused-ring (bicyclic) bond motifs is 1. The molecule has 0 unspecified atom stereocenters. The van der Waals surface area contributed by atoms with Crippen LogP contribution in [0.2, 0.25) is 0 Å². The molecule has 0 spiro atoms. The molecule has 2 aromatic rings. The number of rotatable bonds is 2. The van der Waals surface area contributed by atoms with E-state index < -0.39 is 0 Å². The van der Waals surface area contributed by atoms with Crippen LogP contribution >= 0.6 is 49.9 Å². The highest BCUT2D eigenvalue weighted by atomic mass is 127. The molecule has 74 valence electrons. The SMILES string of the molecule is CCOc1c(I)cc(Br)c2sccc12. The molecule has 0 aliphatic rings. The van der Waals surface area contributed by atoms with Crippen molar-refractivity contribution in [3.8, 4) is 5.75 Å². The van der Waals surface area contributed by atoms with Gasteiger partial charge < -0.3 is 4.74 Å². The van der Waals surface area contributed by atoms with E-state index in [1.54, 1.807) is 11.3 Å². The van der Waals surface area contributed by atoms with Crippen LogP contribution in [0.15, 0.2) is 22.0 Å². The Bertz CT molecular complexity index is 466. The summed E-state index contributed by atoms with van der Waals surface area (Å²) >= 11 is 7.60. The lowest BCUT2D eigenvalue weighted by atomic mass is 10.2. The van der Waals surface area contributed by atoms with Gasteiger partial charge in [-0.15, -0.1) is 11.3 Å². The molecule has 1 heterocycles. The van der Waals surface area contributed by atoms with Crippen LogP contribution in [0.5, 0.6) is 5.75 Å². The molecular formula is C10H8BrIOS. The van der Waals surface area contributed by atoms with E-state index in [4.69, 9.17) is 4.74 Å². The molecule has 0 saturated carbocycles. The van der Waals surface area contributed by atoms with Gasteiger partial charge in [-0.2, -0.15) is 0 Å². The van der Waals surface area contributed by atoms with Gasteiger partial charge in [0.1, 0.15) is 5.75 Å². The lowest BCUT2D eigenvalue weighted by Gasteiger charge is -2.08. The van der Waals surface area contributed by atoms with Crippen LogP contribution in [0, 0.1) is 3.57 Å². The molecule has 1 aromatic carbocycles. The van der Waals surface area contributed by atoms with Gasteiger partial charge in [0.25, 0.3) is 0 Å². The molecule has 0 N–H and O–H groups in total. The molecule has 1 nitrogen and oxygen atoms in total. The van der Waals surface area contributed by atoms with Crippen molar-refractivity contribution < 1.29 is 4.74 Å². The van der Waals surface area contributed by atoms with Gasteiger partial charge in [0.2, 0.25) is 0 Å². The number of benzene rings is 1. The number of hydrogen-bond acceptors (Lipinski definition) is 2. The smallest absolute Gasteiger partial charge is 0.141 e. The van der Waals surface area contributed by atoms with Crippen LogP contribution in [0.4, 0.5) is 0 Å². The fourth-order valence-corrected chi connectivity index (χ4v) is 4.04. The third-order valence-electron chi connectivity index (χ3n) is 1.89. The lowest BCUT2D eigenvalue weighted by Crippen LogP contribution is -1.94. The highest BCUT2D eigenvalue weighted by Gasteiger charge is 2.10. The van der Waals surface area contributed by atoms with Crippen molar-refractivity contribution in [2.75, 3.05) is 6.61 Å². The average molecular weight is 383 g/mol. The third-order valence-corrected chi connectivity index (χ3v) is 4.52. The van der Waals surface area contributed by atoms with Gasteiger partial charge in [0, 0.05) is 9.86 Å². The van der Waals surface area contributed by atoms with E-state index in [2.05, 4.69) is 56.0 Å². The molecule has 0 saturated heterocycles. The molecule has 2 rings (SSSR count). The lowest BCUT2D eigenvalue weighted by molar-refractivity contribution is 0.342. The Hall–Kier alpha value is 0.190. The van der Waals surface area contributed by atoms with Gasteiger partial charge in [-0.1, -0.05) is 0 Å². The molecular weight excluding hydrogens is 375 g/mol. The first-order valence-corrected chi connectivity index (χ1v) is 6.97. The van der Waals surface area contributed by atoms with Crippen LogP contribution in [0.1, 0.15) is 6.92 Å². The summed E-state index contributed by atoms with van der Waals surface area (Å²) in [4.78, 5) is 0. The summed E-state index contributed by atoms with van der Waals surface area (Å²) in [7, 11) is 0. The molecule has 14 heavy (non-hydrogen) atoms. The Morgan fingerprint density at radius 2 is 2.36 bits per heavy atom. The number of thiophene rings is 1. The molecule has 1 aromatic heterocycles. The first-order chi connectivity index (χ1) is 6.74. The van der Waals surface area contributed by atoms with E-state index >= 15 is 0 Å². The van der Waals surface area contributed by atoms with Gasteiger partial charge in [0.15, 0.2) is 0 Å². The third kappa shape index (κ3) is 1.79. The Kier molecular flexibility index (Phi) is 3.34. The Morgan fingerprint density at radius 1 is 1.57 bits per heavy atom. The fraction of sp³-hybridized carbons (Fsp3) is 0.200. The summed E-state index contributed by atoms with van der Waals surface area (Å²) in [5.41, 5.74) is 0. The Balaban J connectivity index is 2.73. The predicted molar refractivity (Wildman–Crippen MR) is 73.4 cm³/mol. The topological polar surface area (TPSA) is 9.23 Å². The van der Waals surface area contributed by atoms with Crippen LogP contribution in [0.25, 0.3) is 10.1 Å². The summed E-state index contributed by atoms with van der Waals surface area (Å²) in [6.45, 7) is 2.72. The van der Waals surface area contributed by atoms with Crippen molar-refractivity contribution in [1.82, 2.24) is 0 Å². The van der Waals surface area contributed by atoms with Crippen molar-refractivity contribution in [2.24, 2.45) is 0 Å². The maximum absolute atomic E-state index is 5.64. The van der Waals surface area contributed by atoms with E-state index in [0.717, 1.165) is 13.8 Å². The largest absolute Gasteiger partial charge is 0.492 e. The fourth-order valence-electron chi connectivity index (χ4n) is 1.34. The zero-order chi connectivity index (χ0) is 10.1. The van der Waals surface area contributed by atoms with Crippen molar-refractivity contribution in [1.29, 1.82) is 0 Å². The van der Waals surface area contributed by atoms with Gasteiger partial charge >= 0.3 is 0 Å². The zero-order valence-corrected chi connectivity index (χ0v) is 12.1. The molecule has 0 bridgehead atoms. The molecule has 0 atom stereocenters. The summed E-state index contributed by atoms with van der Waals surface area (Å²) in [6, 6.07) is 4.21. The van der Waals surface area contributed by atoms with Crippen molar-refractivity contribution in [2.45, 2.75) is 6.92 Å². The first-order valence-electron chi connectivity index (χ1n) is 4.22. The van der Waals surface area contributed by atoms with E-state index in [-0.39, 0.29) is 0 Å². The van der Waals surface area contributed by atoms with E-state index in [9.17, 15) is 0 Å². The Morgan fingerprint density at radius 3 is 3.07 bits per heavy atom. The van der Waals surface area contributed by atoms with Crippen LogP contribution in [-0.2, 0) is 0 Å². The number of ether oxygens (including phenoxy) is 1. The average Bonchev–Trinajstić information content (AvgIpc) is 2.60. The summed E-state index contributed by atoms with van der Waals surface area (Å²) in [6.07, 6.45) is 0. The second-order valence-corrected chi connectivity index (χ2v) is 5.70. The summed E-state index contributed by atoms with van der Waals surface area (Å²) < 4.78 is 9.20. The first kappa shape index (κ1) is 10.7. The van der Waals surface area contributed by atoms with Gasteiger partial charge in [-0.3, -0.25) is 0 Å². The zero-order valence-electron chi connectivity index (χ0n) is 7.51. The predicted octanol–water partition coefficient (Wildman–Crippen LogP) is 4.67. The normalized spacial score (nSPS) is 10.8. The van der Waals surface area contributed by atoms with Crippen molar-refractivity contribution in [3.63, 3.8) is 0 Å². The minimum Gasteiger partial charge on any atom is -0.492 e. The van der Waals surface area contributed by atoms with E-state index in [1.165, 1.54) is 10.1 Å². The van der Waals surface area contributed by atoms with Crippen LogP contribution in [0.3, 0.4) is 0 Å². The summed E-state index contributed by atoms with van der Waals surface area (Å²) in [5.74, 6) is 1.01. The molecule has 0 aliphatic heterocycles. The van der Waals surface area contributed by atoms with E-state index in [1.807, 2.05) is 6.92 Å². The van der Waals surface area contributed by atoms with Crippen LogP contribution in [-0.4, -0.2) is 6.61 Å². The quantitative estimate of drug-likeness (QED) is 0.686. The monoisotopic (exact) mass is 382 g/mol. The minimum absolute atomic E-state index is 0.711. The molecule has 4 heteroatoms. The second kappa shape index (κ2) is 4.37. The minimum atomic E-state index is 0.711. The maximum Gasteiger partial charge on any atom is 0.141 e. The number of halogens is 2. The number of hydrogen-bond donors (Lipinski definition) is 0. The van der Waals surface area contributed by atoms with Gasteiger partial charge in [-0.05, 0) is 63.0 Å². The molecule has 0 aliphatic carbocycles. The standard InChI is InChI=1S/C10H8BrIOS/c1-2-13-9-6-3-4-14-10(6)7(11)5-8(9)12/h3-5H,2H2,1H3. The second-order valence-electron chi connectivity index (χ2n) is 2.77. The van der Waals surface area contributed by atoms with Gasteiger partial charge in [0.05, 0.1) is 14.9 Å². The van der Waals surface area contributed by atoms with Crippen molar-refractivity contribution >= 4 is 59.9 Å². The molecule has 0 radical (unpaired) electrons. The maximum atomic E-state index is 5.64. The van der Waals surface area contributed by atoms with Crippen molar-refractivity contribution in [3.05, 3.63) is 25.6 Å². The van der Waals surface area contributed by atoms with Gasteiger partial charge in [-0.25, -0.2) is 0 Å². The van der Waals surface area contributed by atoms with Crippen LogP contribution < -0.4 is 4.74 Å². The summed E-state index contributed by atoms with van der Waals surface area (Å²) in [5, 5.41) is 3.30. The Labute approximate surface area is 109 Å². The molecule has 0 amide bonds. The van der Waals surface area contributed by atoms with E-state index in [0.29, 0.717) is 6.61 Å². The highest BCUT2D eigenvalue weighted by Crippen LogP contribution is 2.39.